The fraction of sp³-hybridized carbons (Fsp3) is 0.412. The number of piperidine rings is 1. The number of halogens is 4. The number of hydrogen-bond acceptors (Lipinski definition) is 6. The second kappa shape index (κ2) is 13.5. The van der Waals surface area contributed by atoms with Gasteiger partial charge in [0.2, 0.25) is 5.91 Å². The zero-order chi connectivity index (χ0) is 35.1. The van der Waals surface area contributed by atoms with Gasteiger partial charge in [0.05, 0.1) is 48.7 Å². The lowest BCUT2D eigenvalue weighted by Gasteiger charge is -2.39. The molecule has 4 aromatic rings. The van der Waals surface area contributed by atoms with Gasteiger partial charge in [0.25, 0.3) is 5.56 Å². The van der Waals surface area contributed by atoms with E-state index in [-0.39, 0.29) is 73.5 Å². The third kappa shape index (κ3) is 7.17. The van der Waals surface area contributed by atoms with Crippen LogP contribution in [-0.4, -0.2) is 90.3 Å². The number of aliphatic hydroxyl groups is 1. The van der Waals surface area contributed by atoms with Gasteiger partial charge in [-0.15, -0.1) is 0 Å². The summed E-state index contributed by atoms with van der Waals surface area (Å²) in [5.41, 5.74) is -0.219. The molecule has 2 N–H and O–H groups in total. The first-order chi connectivity index (χ1) is 23.2. The lowest BCUT2D eigenvalue weighted by molar-refractivity contribution is -0.162. The van der Waals surface area contributed by atoms with Crippen LogP contribution in [0.5, 0.6) is 0 Å². The quantitative estimate of drug-likeness (QED) is 0.265. The largest absolute Gasteiger partial charge is 0.465 e. The zero-order valence-corrected chi connectivity index (χ0v) is 27.3. The number of amides is 2. The highest BCUT2D eigenvalue weighted by atomic mass is 35.5. The van der Waals surface area contributed by atoms with Crippen LogP contribution in [0.4, 0.5) is 18.0 Å². The highest BCUT2D eigenvalue weighted by Gasteiger charge is 2.43. The Morgan fingerprint density at radius 2 is 1.78 bits per heavy atom. The van der Waals surface area contributed by atoms with E-state index in [4.69, 9.17) is 16.3 Å². The van der Waals surface area contributed by atoms with Gasteiger partial charge >= 0.3 is 12.3 Å². The minimum atomic E-state index is -4.60. The number of fused-ring (bicyclic) bond motifs is 1. The maximum Gasteiger partial charge on any atom is 0.407 e. The van der Waals surface area contributed by atoms with Crippen LogP contribution in [0, 0.1) is 0 Å². The predicted molar refractivity (Wildman–Crippen MR) is 174 cm³/mol. The van der Waals surface area contributed by atoms with Gasteiger partial charge in [0, 0.05) is 25.2 Å². The first-order valence-corrected chi connectivity index (χ1v) is 16.2. The standard InChI is InChI=1S/C34H35ClF3N5O6/c1-21-17-42(32(46)47)27(18-49-21)23-7-9-24(10-8-23)43-28(35)15-25-30(43)39-20-41(31(25)45)19-33(48)11-13-40(14-12-33)29(44)16-26(34(36,37)38)22-5-3-2-4-6-22/h2-10,15,20-21,26-27,48H,11-14,16-19H2,1H3,(H,46,47)/t21-,26-,27-/m1/s1. The van der Waals surface area contributed by atoms with E-state index in [1.54, 1.807) is 34.9 Å². The van der Waals surface area contributed by atoms with Crippen molar-refractivity contribution in [3.05, 3.63) is 93.6 Å². The van der Waals surface area contributed by atoms with E-state index in [0.29, 0.717) is 5.69 Å². The number of hydrogen-bond donors (Lipinski definition) is 2. The number of rotatable bonds is 7. The number of nitrogens with zero attached hydrogens (tertiary/aromatic N) is 5. The molecule has 2 fully saturated rings. The van der Waals surface area contributed by atoms with Crippen LogP contribution in [0.15, 0.2) is 71.8 Å². The van der Waals surface area contributed by atoms with E-state index < -0.39 is 47.7 Å². The molecule has 2 aliphatic rings. The van der Waals surface area contributed by atoms with Crippen LogP contribution in [0.25, 0.3) is 16.7 Å². The lowest BCUT2D eigenvalue weighted by atomic mass is 9.89. The number of likely N-dealkylation sites (tertiary alicyclic amines) is 1. The maximum atomic E-state index is 13.8. The number of aromatic nitrogens is 3. The molecule has 49 heavy (non-hydrogen) atoms. The van der Waals surface area contributed by atoms with E-state index in [1.165, 1.54) is 51.0 Å². The van der Waals surface area contributed by atoms with Crippen molar-refractivity contribution in [1.29, 1.82) is 0 Å². The summed E-state index contributed by atoms with van der Waals surface area (Å²) in [6.07, 6.45) is -5.16. The summed E-state index contributed by atoms with van der Waals surface area (Å²) >= 11 is 6.58. The van der Waals surface area contributed by atoms with E-state index in [2.05, 4.69) is 4.98 Å². The Kier molecular flexibility index (Phi) is 9.48. The number of morpholine rings is 1. The van der Waals surface area contributed by atoms with Gasteiger partial charge in [-0.25, -0.2) is 9.78 Å². The van der Waals surface area contributed by atoms with Crippen molar-refractivity contribution < 1.29 is 37.7 Å². The number of ether oxygens (including phenoxy) is 1. The first kappa shape index (κ1) is 34.5. The predicted octanol–water partition coefficient (Wildman–Crippen LogP) is 5.37. The molecule has 2 amide bonds. The Hall–Kier alpha value is -4.40. The minimum absolute atomic E-state index is 0.0152. The summed E-state index contributed by atoms with van der Waals surface area (Å²) in [5.74, 6) is -2.59. The van der Waals surface area contributed by atoms with Crippen LogP contribution in [0.2, 0.25) is 5.15 Å². The van der Waals surface area contributed by atoms with Crippen molar-refractivity contribution in [3.63, 3.8) is 0 Å². The zero-order valence-electron chi connectivity index (χ0n) is 26.5. The highest BCUT2D eigenvalue weighted by Crippen LogP contribution is 2.38. The molecule has 0 aliphatic carbocycles. The molecule has 11 nitrogen and oxygen atoms in total. The second-order valence-electron chi connectivity index (χ2n) is 12.7. The highest BCUT2D eigenvalue weighted by molar-refractivity contribution is 6.31. The van der Waals surface area contributed by atoms with Gasteiger partial charge in [-0.3, -0.25) is 23.6 Å². The van der Waals surface area contributed by atoms with E-state index >= 15 is 0 Å². The molecule has 4 heterocycles. The van der Waals surface area contributed by atoms with Crippen LogP contribution in [0.3, 0.4) is 0 Å². The molecule has 260 valence electrons. The topological polar surface area (TPSA) is 130 Å². The van der Waals surface area contributed by atoms with Gasteiger partial charge in [-0.05, 0) is 49.1 Å². The van der Waals surface area contributed by atoms with Crippen molar-refractivity contribution >= 4 is 34.6 Å². The minimum Gasteiger partial charge on any atom is -0.465 e. The van der Waals surface area contributed by atoms with Crippen molar-refractivity contribution in [1.82, 2.24) is 23.9 Å². The summed E-state index contributed by atoms with van der Waals surface area (Å²) in [4.78, 5) is 45.4. The average Bonchev–Trinajstić information content (AvgIpc) is 3.41. The Morgan fingerprint density at radius 3 is 2.41 bits per heavy atom. The monoisotopic (exact) mass is 701 g/mol. The number of carbonyl (C=O) groups excluding carboxylic acids is 1. The van der Waals surface area contributed by atoms with Crippen LogP contribution >= 0.6 is 11.6 Å². The third-order valence-corrected chi connectivity index (χ3v) is 9.66. The van der Waals surface area contributed by atoms with Gasteiger partial charge in [-0.1, -0.05) is 54.1 Å². The molecule has 2 aromatic heterocycles. The summed E-state index contributed by atoms with van der Waals surface area (Å²) in [6, 6.07) is 15.4. The number of carbonyl (C=O) groups is 2. The molecule has 15 heteroatoms. The number of alkyl halides is 3. The van der Waals surface area contributed by atoms with Crippen molar-refractivity contribution in [2.75, 3.05) is 26.2 Å². The van der Waals surface area contributed by atoms with E-state index in [9.17, 15) is 37.8 Å². The molecule has 3 atom stereocenters. The summed E-state index contributed by atoms with van der Waals surface area (Å²) in [6.45, 7) is 2.21. The Labute approximate surface area is 284 Å². The second-order valence-corrected chi connectivity index (χ2v) is 13.1. The maximum absolute atomic E-state index is 13.8. The lowest BCUT2D eigenvalue weighted by Crippen LogP contribution is -2.50. The molecular formula is C34H35ClF3N5O6. The van der Waals surface area contributed by atoms with Crippen molar-refractivity contribution in [3.8, 4) is 5.69 Å². The van der Waals surface area contributed by atoms with Gasteiger partial charge in [-0.2, -0.15) is 13.2 Å². The molecule has 0 saturated carbocycles. The third-order valence-electron chi connectivity index (χ3n) is 9.38. The SMILES string of the molecule is C[C@@H]1CN(C(=O)O)[C@@H](c2ccc(-n3c(Cl)cc4c(=O)n(CC5(O)CCN(C(=O)C[C@H](c6ccccc6)C(F)(F)F)CC5)cnc43)cc2)CO1. The smallest absolute Gasteiger partial charge is 0.407 e. The average molecular weight is 702 g/mol. The first-order valence-electron chi connectivity index (χ1n) is 15.8. The molecule has 2 saturated heterocycles. The summed E-state index contributed by atoms with van der Waals surface area (Å²) < 4.78 is 50.0. The molecule has 0 spiro atoms. The summed E-state index contributed by atoms with van der Waals surface area (Å²) in [5, 5.41) is 21.5. The van der Waals surface area contributed by atoms with Crippen LogP contribution in [0.1, 0.15) is 49.3 Å². The van der Waals surface area contributed by atoms with Gasteiger partial charge in [0.15, 0.2) is 5.65 Å². The normalized spacial score (nSPS) is 20.4. The van der Waals surface area contributed by atoms with Gasteiger partial charge in [0.1, 0.15) is 11.5 Å². The van der Waals surface area contributed by atoms with E-state index in [1.807, 2.05) is 6.92 Å². The van der Waals surface area contributed by atoms with E-state index in [0.717, 1.165) is 5.56 Å². The molecule has 6 rings (SSSR count). The fourth-order valence-electron chi connectivity index (χ4n) is 6.64. The molecule has 0 bridgehead atoms. The molecular weight excluding hydrogens is 667 g/mol. The Balaban J connectivity index is 1.14. The summed E-state index contributed by atoms with van der Waals surface area (Å²) in [7, 11) is 0. The fourth-order valence-corrected chi connectivity index (χ4v) is 6.93. The van der Waals surface area contributed by atoms with Gasteiger partial charge < -0.3 is 19.8 Å². The van der Waals surface area contributed by atoms with Crippen molar-refractivity contribution in [2.45, 2.75) is 62.6 Å². The molecule has 0 radical (unpaired) electrons. The van der Waals surface area contributed by atoms with Crippen LogP contribution in [-0.2, 0) is 16.1 Å². The van der Waals surface area contributed by atoms with Crippen LogP contribution < -0.4 is 5.56 Å². The Morgan fingerprint density at radius 1 is 1.10 bits per heavy atom. The Bertz CT molecular complexity index is 1890. The molecule has 0 unspecified atom stereocenters. The van der Waals surface area contributed by atoms with Crippen molar-refractivity contribution in [2.24, 2.45) is 0 Å². The number of carboxylic acid groups (broad SMARTS) is 1. The molecule has 2 aliphatic heterocycles. The number of benzene rings is 2. The molecule has 2 aromatic carbocycles.